The monoisotopic (exact) mass is 626 g/mol. The number of nitrogens with one attached hydrogen (secondary N) is 1. The Morgan fingerprint density at radius 3 is 2.51 bits per heavy atom. The molecule has 1 saturated heterocycles. The van der Waals surface area contributed by atoms with Gasteiger partial charge in [-0.15, -0.1) is 0 Å². The third-order valence-electron chi connectivity index (χ3n) is 6.83. The lowest BCUT2D eigenvalue weighted by Crippen LogP contribution is -2.44. The molecule has 4 aromatic heterocycles. The first-order valence-corrected chi connectivity index (χ1v) is 13.5. The fourth-order valence-corrected chi connectivity index (χ4v) is 5.15. The molecule has 1 fully saturated rings. The molecular formula is C27H25BrF2N8O3. The van der Waals surface area contributed by atoms with Gasteiger partial charge >= 0.3 is 0 Å². The molecule has 14 heteroatoms. The number of nitrogens with zero attached hydrogens (tertiary/aromatic N) is 7. The summed E-state index contributed by atoms with van der Waals surface area (Å²) in [6.07, 6.45) is 1.63. The van der Waals surface area contributed by atoms with Gasteiger partial charge in [-0.3, -0.25) is 24.0 Å². The Morgan fingerprint density at radius 1 is 1.12 bits per heavy atom. The Hall–Kier alpha value is -4.20. The number of likely N-dealkylation sites (tertiary alicyclic amines) is 1. The molecule has 0 unspecified atom stereocenters. The molecule has 1 aliphatic heterocycles. The van der Waals surface area contributed by atoms with Gasteiger partial charge in [-0.2, -0.15) is 5.10 Å². The van der Waals surface area contributed by atoms with Crippen LogP contribution in [-0.4, -0.2) is 71.0 Å². The van der Waals surface area contributed by atoms with Crippen LogP contribution in [-0.2, 0) is 16.1 Å². The quantitative estimate of drug-likeness (QED) is 0.251. The molecule has 5 heterocycles. The minimum atomic E-state index is -1.42. The first-order chi connectivity index (χ1) is 19.4. The van der Waals surface area contributed by atoms with Crippen LogP contribution in [0.3, 0.4) is 0 Å². The van der Waals surface area contributed by atoms with E-state index in [4.69, 9.17) is 0 Å². The predicted molar refractivity (Wildman–Crippen MR) is 148 cm³/mol. The lowest BCUT2D eigenvalue weighted by Gasteiger charge is -2.24. The van der Waals surface area contributed by atoms with Crippen LogP contribution in [0.1, 0.15) is 40.9 Å². The average Bonchev–Trinajstić information content (AvgIpc) is 3.49. The van der Waals surface area contributed by atoms with Gasteiger partial charge in [0.05, 0.1) is 23.4 Å². The number of hydrogen-bond donors (Lipinski definition) is 1. The molecule has 212 valence electrons. The molecule has 4 aromatic rings. The molecule has 1 aliphatic rings. The zero-order chi connectivity index (χ0) is 29.6. The summed E-state index contributed by atoms with van der Waals surface area (Å²) in [7, 11) is 0. The molecule has 0 aliphatic carbocycles. The number of Topliss-reactive ketones (excluding diaryl/α,β-unsaturated/α-hetero) is 1. The number of carbonyl (C=O) groups excluding carboxylic acids is 3. The average molecular weight is 627 g/mol. The molecule has 0 aromatic carbocycles. The first kappa shape index (κ1) is 28.3. The summed E-state index contributed by atoms with van der Waals surface area (Å²) in [6.45, 7) is 5.79. The number of carbonyl (C=O) groups is 3. The van der Waals surface area contributed by atoms with Crippen LogP contribution < -0.4 is 5.32 Å². The smallest absolute Gasteiger partial charge is 0.248 e. The van der Waals surface area contributed by atoms with Crippen LogP contribution in [0, 0.1) is 26.6 Å². The maximum Gasteiger partial charge on any atom is 0.248 e. The number of pyridine rings is 2. The summed E-state index contributed by atoms with van der Waals surface area (Å²) in [5, 5.41) is 7.47. The largest absolute Gasteiger partial charge is 0.326 e. The van der Waals surface area contributed by atoms with Crippen LogP contribution in [0.25, 0.3) is 22.2 Å². The summed E-state index contributed by atoms with van der Waals surface area (Å²) >= 11 is 2.99. The highest BCUT2D eigenvalue weighted by Gasteiger charge is 2.40. The van der Waals surface area contributed by atoms with Crippen molar-refractivity contribution in [3.05, 3.63) is 57.7 Å². The number of hydrogen-bond acceptors (Lipinski definition) is 8. The molecule has 0 bridgehead atoms. The zero-order valence-electron chi connectivity index (χ0n) is 22.6. The third kappa shape index (κ3) is 5.56. The number of anilines is 1. The minimum absolute atomic E-state index is 0.0880. The van der Waals surface area contributed by atoms with Gasteiger partial charge in [-0.05, 0) is 54.4 Å². The normalized spacial score (nSPS) is 16.8. The Labute approximate surface area is 241 Å². The summed E-state index contributed by atoms with van der Waals surface area (Å²) in [5.41, 5.74) is 2.68. The van der Waals surface area contributed by atoms with Gasteiger partial charge in [-0.25, -0.2) is 23.7 Å². The Kier molecular flexibility index (Phi) is 7.60. The number of halogens is 3. The van der Waals surface area contributed by atoms with Gasteiger partial charge in [-0.1, -0.05) is 0 Å². The van der Waals surface area contributed by atoms with Gasteiger partial charge in [0.15, 0.2) is 11.6 Å². The Morgan fingerprint density at radius 2 is 1.83 bits per heavy atom. The van der Waals surface area contributed by atoms with Gasteiger partial charge in [0, 0.05) is 36.7 Å². The lowest BCUT2D eigenvalue weighted by atomic mass is 10.1. The summed E-state index contributed by atoms with van der Waals surface area (Å²) in [6, 6.07) is 1.77. The first-order valence-electron chi connectivity index (χ1n) is 12.7. The lowest BCUT2D eigenvalue weighted by molar-refractivity contribution is -0.137. The molecule has 0 saturated carbocycles. The van der Waals surface area contributed by atoms with Crippen LogP contribution in [0.5, 0.6) is 0 Å². The second-order valence-corrected chi connectivity index (χ2v) is 10.6. The Bertz CT molecular complexity index is 1710. The van der Waals surface area contributed by atoms with E-state index >= 15 is 0 Å². The van der Waals surface area contributed by atoms with E-state index in [0.29, 0.717) is 39.2 Å². The molecule has 2 atom stereocenters. The molecular weight excluding hydrogens is 602 g/mol. The second-order valence-electron chi connectivity index (χ2n) is 9.88. The molecule has 5 rings (SSSR count). The number of fused-ring (bicyclic) bond motifs is 1. The van der Waals surface area contributed by atoms with E-state index in [0.717, 1.165) is 4.90 Å². The van der Waals surface area contributed by atoms with Crippen molar-refractivity contribution in [1.29, 1.82) is 0 Å². The molecule has 2 amide bonds. The maximum atomic E-state index is 14.5. The van der Waals surface area contributed by atoms with Crippen LogP contribution in [0.15, 0.2) is 29.1 Å². The van der Waals surface area contributed by atoms with Gasteiger partial charge in [0.25, 0.3) is 0 Å². The van der Waals surface area contributed by atoms with Crippen molar-refractivity contribution < 1.29 is 23.2 Å². The molecule has 1 N–H and O–H groups in total. The Balaban J connectivity index is 1.44. The fraction of sp³-hybridized carbons (Fsp3) is 0.333. The van der Waals surface area contributed by atoms with Crippen molar-refractivity contribution in [2.24, 2.45) is 0 Å². The number of amides is 2. The highest BCUT2D eigenvalue weighted by Crippen LogP contribution is 2.29. The number of ketones is 1. The van der Waals surface area contributed by atoms with Crippen LogP contribution >= 0.6 is 15.9 Å². The fourth-order valence-electron chi connectivity index (χ4n) is 4.86. The van der Waals surface area contributed by atoms with E-state index in [1.54, 1.807) is 39.2 Å². The van der Waals surface area contributed by atoms with Crippen LogP contribution in [0.4, 0.5) is 14.6 Å². The summed E-state index contributed by atoms with van der Waals surface area (Å²) in [4.78, 5) is 57.3. The number of aromatic nitrogens is 6. The third-order valence-corrected chi connectivity index (χ3v) is 7.39. The van der Waals surface area contributed by atoms with Gasteiger partial charge in [0.1, 0.15) is 40.7 Å². The van der Waals surface area contributed by atoms with E-state index in [1.807, 2.05) is 0 Å². The summed E-state index contributed by atoms with van der Waals surface area (Å²) in [5.74, 6) is -1.42. The van der Waals surface area contributed by atoms with Crippen molar-refractivity contribution in [1.82, 2.24) is 34.6 Å². The van der Waals surface area contributed by atoms with E-state index in [2.05, 4.69) is 46.3 Å². The van der Waals surface area contributed by atoms with E-state index in [-0.39, 0.29) is 41.4 Å². The standard InChI is InChI=1S/C27H25BrF2N8O3/c1-12-5-19(30)25(28)34-26(12)35-27(41)21-6-17(29)10-37(21)22(40)11-38-24-13(2)33-20(16-8-31-15(4)32-9-16)7-18(24)23(36-38)14(3)39/h5,7-9,17,21H,6,10-11H2,1-4H3,(H,34,35,41)/t17-,21+/m1/s1. The van der Waals surface area contributed by atoms with Crippen molar-refractivity contribution >= 4 is 50.2 Å². The molecule has 0 radical (unpaired) electrons. The molecule has 11 nitrogen and oxygen atoms in total. The van der Waals surface area contributed by atoms with Gasteiger partial charge < -0.3 is 10.2 Å². The highest BCUT2D eigenvalue weighted by atomic mass is 79.9. The van der Waals surface area contributed by atoms with Gasteiger partial charge in [0.2, 0.25) is 11.8 Å². The van der Waals surface area contributed by atoms with E-state index in [9.17, 15) is 23.2 Å². The minimum Gasteiger partial charge on any atom is -0.326 e. The second kappa shape index (κ2) is 11.0. The van der Waals surface area contributed by atoms with E-state index in [1.165, 1.54) is 17.7 Å². The maximum absolute atomic E-state index is 14.5. The van der Waals surface area contributed by atoms with Crippen molar-refractivity contribution in [2.75, 3.05) is 11.9 Å². The SMILES string of the molecule is CC(=O)c1nn(CC(=O)N2C[C@H](F)C[C@H]2C(=O)Nc2nc(Br)c(F)cc2C)c2c(C)nc(-c3cnc(C)nc3)cc12. The van der Waals surface area contributed by atoms with Crippen molar-refractivity contribution in [3.63, 3.8) is 0 Å². The predicted octanol–water partition coefficient (Wildman–Crippen LogP) is 3.89. The van der Waals surface area contributed by atoms with Crippen molar-refractivity contribution in [3.8, 4) is 11.3 Å². The van der Waals surface area contributed by atoms with E-state index < -0.39 is 29.8 Å². The zero-order valence-corrected chi connectivity index (χ0v) is 24.2. The highest BCUT2D eigenvalue weighted by molar-refractivity contribution is 9.10. The van der Waals surface area contributed by atoms with Crippen molar-refractivity contribution in [2.45, 2.75) is 52.9 Å². The van der Waals surface area contributed by atoms with Crippen LogP contribution in [0.2, 0.25) is 0 Å². The molecule has 0 spiro atoms. The number of rotatable bonds is 6. The number of aryl methyl sites for hydroxylation is 3. The number of alkyl halides is 1. The topological polar surface area (TPSA) is 136 Å². The summed E-state index contributed by atoms with van der Waals surface area (Å²) < 4.78 is 29.6. The molecule has 41 heavy (non-hydrogen) atoms.